The average Bonchev–Trinajstić information content (AvgIpc) is 3.23. The minimum absolute atomic E-state index is 0.0502. The zero-order chi connectivity index (χ0) is 18.8. The summed E-state index contributed by atoms with van der Waals surface area (Å²) in [4.78, 5) is 0. The number of halogens is 3. The first-order chi connectivity index (χ1) is 12.2. The molecule has 0 aliphatic heterocycles. The quantitative estimate of drug-likeness (QED) is 0.688. The second-order valence-electron chi connectivity index (χ2n) is 5.41. The van der Waals surface area contributed by atoms with Crippen molar-refractivity contribution in [2.75, 3.05) is 0 Å². The van der Waals surface area contributed by atoms with Gasteiger partial charge >= 0.3 is 6.18 Å². The predicted octanol–water partition coefficient (Wildman–Crippen LogP) is 2.97. The highest BCUT2D eigenvalue weighted by atomic mass is 32.2. The molecule has 26 heavy (non-hydrogen) atoms. The first-order valence-electron chi connectivity index (χ1n) is 7.30. The molecule has 0 aliphatic carbocycles. The normalized spacial score (nSPS) is 12.4. The number of aromatic nitrogens is 3. The topological polar surface area (TPSA) is 76.9 Å². The van der Waals surface area contributed by atoms with Crippen LogP contribution >= 0.6 is 11.3 Å². The van der Waals surface area contributed by atoms with Crippen molar-refractivity contribution in [3.63, 3.8) is 0 Å². The van der Waals surface area contributed by atoms with Gasteiger partial charge in [0, 0.05) is 5.38 Å². The first-order valence-corrected chi connectivity index (χ1v) is 9.90. The fourth-order valence-corrected chi connectivity index (χ4v) is 3.90. The Morgan fingerprint density at radius 1 is 1.23 bits per heavy atom. The third-order valence-corrected chi connectivity index (χ3v) is 5.36. The number of benzene rings is 1. The van der Waals surface area contributed by atoms with Crippen LogP contribution in [0.4, 0.5) is 13.2 Å². The van der Waals surface area contributed by atoms with Crippen LogP contribution in [0.2, 0.25) is 0 Å². The lowest BCUT2D eigenvalue weighted by Gasteiger charge is -2.09. The predicted molar refractivity (Wildman–Crippen MR) is 90.1 cm³/mol. The monoisotopic (exact) mass is 402 g/mol. The molecule has 1 N–H and O–H groups in total. The van der Waals surface area contributed by atoms with Gasteiger partial charge in [-0.05, 0) is 23.1 Å². The van der Waals surface area contributed by atoms with E-state index in [1.807, 2.05) is 16.8 Å². The minimum atomic E-state index is -4.52. The Balaban J connectivity index is 1.65. The van der Waals surface area contributed by atoms with Gasteiger partial charge in [-0.1, -0.05) is 23.4 Å². The number of thiophene rings is 1. The van der Waals surface area contributed by atoms with E-state index < -0.39 is 27.5 Å². The Kier molecular flexibility index (Phi) is 5.12. The zero-order valence-electron chi connectivity index (χ0n) is 13.1. The molecule has 1 aromatic carbocycles. The molecule has 11 heteroatoms. The lowest BCUT2D eigenvalue weighted by molar-refractivity contribution is -0.137. The van der Waals surface area contributed by atoms with Crippen molar-refractivity contribution in [2.45, 2.75) is 18.5 Å². The van der Waals surface area contributed by atoms with Gasteiger partial charge in [0.15, 0.2) is 0 Å². The fraction of sp³-hybridized carbons (Fsp3) is 0.200. The van der Waals surface area contributed by atoms with Crippen molar-refractivity contribution < 1.29 is 21.6 Å². The summed E-state index contributed by atoms with van der Waals surface area (Å²) in [5, 5.41) is 11.5. The van der Waals surface area contributed by atoms with Gasteiger partial charge in [0.2, 0.25) is 10.0 Å². The maximum atomic E-state index is 12.7. The number of alkyl halides is 3. The van der Waals surface area contributed by atoms with Gasteiger partial charge in [-0.15, -0.1) is 5.10 Å². The number of nitrogens with zero attached hydrogens (tertiary/aromatic N) is 3. The van der Waals surface area contributed by atoms with Crippen molar-refractivity contribution in [3.8, 4) is 5.69 Å². The van der Waals surface area contributed by atoms with Crippen LogP contribution in [0.3, 0.4) is 0 Å². The van der Waals surface area contributed by atoms with E-state index in [2.05, 4.69) is 15.0 Å². The Hall–Kier alpha value is -2.24. The molecule has 138 valence electrons. The summed E-state index contributed by atoms with van der Waals surface area (Å²) in [5.41, 5.74) is 0.363. The van der Waals surface area contributed by atoms with Crippen LogP contribution in [0.25, 0.3) is 5.69 Å². The lowest BCUT2D eigenvalue weighted by Crippen LogP contribution is -2.25. The molecule has 0 radical (unpaired) electrons. The van der Waals surface area contributed by atoms with E-state index in [0.717, 1.165) is 17.8 Å². The molecular formula is C15H13F3N4O2S2. The Bertz CT molecular complexity index is 982. The van der Waals surface area contributed by atoms with Crippen molar-refractivity contribution >= 4 is 21.4 Å². The molecule has 3 rings (SSSR count). The second kappa shape index (κ2) is 7.17. The summed E-state index contributed by atoms with van der Waals surface area (Å²) in [6, 6.07) is 6.07. The van der Waals surface area contributed by atoms with Crippen LogP contribution in [0.5, 0.6) is 0 Å². The molecule has 3 aromatic rings. The van der Waals surface area contributed by atoms with Crippen LogP contribution in [-0.2, 0) is 28.5 Å². The van der Waals surface area contributed by atoms with Gasteiger partial charge in [0.1, 0.15) is 0 Å². The number of rotatable bonds is 6. The van der Waals surface area contributed by atoms with Crippen LogP contribution in [-0.4, -0.2) is 23.4 Å². The molecule has 0 spiro atoms. The number of hydrogen-bond acceptors (Lipinski definition) is 5. The Morgan fingerprint density at radius 3 is 2.73 bits per heavy atom. The van der Waals surface area contributed by atoms with Crippen molar-refractivity contribution in [3.05, 3.63) is 64.1 Å². The summed E-state index contributed by atoms with van der Waals surface area (Å²) < 4.78 is 66.2. The molecule has 0 saturated heterocycles. The molecule has 6 nitrogen and oxygen atoms in total. The molecule has 2 heterocycles. The molecule has 2 aromatic heterocycles. The minimum Gasteiger partial charge on any atom is -0.220 e. The third kappa shape index (κ3) is 4.68. The highest BCUT2D eigenvalue weighted by Crippen LogP contribution is 2.29. The van der Waals surface area contributed by atoms with Crippen LogP contribution in [0.15, 0.2) is 47.3 Å². The number of sulfonamides is 1. The van der Waals surface area contributed by atoms with E-state index in [4.69, 9.17) is 0 Å². The summed E-state index contributed by atoms with van der Waals surface area (Å²) in [6.45, 7) is -0.106. The highest BCUT2D eigenvalue weighted by Gasteiger charge is 2.30. The van der Waals surface area contributed by atoms with Gasteiger partial charge in [-0.25, -0.2) is 17.8 Å². The second-order valence-corrected chi connectivity index (χ2v) is 8.00. The number of hydrogen-bond donors (Lipinski definition) is 1. The maximum Gasteiger partial charge on any atom is 0.416 e. The summed E-state index contributed by atoms with van der Waals surface area (Å²) in [7, 11) is -3.83. The standard InChI is InChI=1S/C15H13F3N4O2S2/c16-15(17,18)12-3-1-2-11(6-12)10-26(23,24)19-7-13-8-22(21-20-13)14-4-5-25-9-14/h1-6,8-9,19H,7,10H2. The average molecular weight is 402 g/mol. The van der Waals surface area contributed by atoms with Crippen molar-refractivity contribution in [2.24, 2.45) is 0 Å². The zero-order valence-corrected chi connectivity index (χ0v) is 14.8. The van der Waals surface area contributed by atoms with Gasteiger partial charge in [0.05, 0.1) is 35.4 Å². The van der Waals surface area contributed by atoms with Crippen LogP contribution in [0.1, 0.15) is 16.8 Å². The molecule has 0 saturated carbocycles. The van der Waals surface area contributed by atoms with E-state index in [1.165, 1.54) is 28.2 Å². The Labute approximate surface area is 151 Å². The number of nitrogens with one attached hydrogen (secondary N) is 1. The van der Waals surface area contributed by atoms with Gasteiger partial charge < -0.3 is 0 Å². The van der Waals surface area contributed by atoms with Crippen LogP contribution < -0.4 is 4.72 Å². The molecule has 0 aliphatic rings. The van der Waals surface area contributed by atoms with Crippen molar-refractivity contribution in [1.29, 1.82) is 0 Å². The van der Waals surface area contributed by atoms with Crippen molar-refractivity contribution in [1.82, 2.24) is 19.7 Å². The van der Waals surface area contributed by atoms with Gasteiger partial charge in [-0.3, -0.25) is 0 Å². The van der Waals surface area contributed by atoms with E-state index >= 15 is 0 Å². The molecule has 0 amide bonds. The molecular weight excluding hydrogens is 389 g/mol. The van der Waals surface area contributed by atoms with E-state index in [-0.39, 0.29) is 12.1 Å². The first kappa shape index (κ1) is 18.5. The van der Waals surface area contributed by atoms with Crippen LogP contribution in [0, 0.1) is 0 Å². The maximum absolute atomic E-state index is 12.7. The van der Waals surface area contributed by atoms with Gasteiger partial charge in [0.25, 0.3) is 0 Å². The third-order valence-electron chi connectivity index (χ3n) is 3.40. The summed E-state index contributed by atoms with van der Waals surface area (Å²) in [6.07, 6.45) is -2.94. The summed E-state index contributed by atoms with van der Waals surface area (Å²) >= 11 is 1.49. The largest absolute Gasteiger partial charge is 0.416 e. The molecule has 0 unspecified atom stereocenters. The van der Waals surface area contributed by atoms with E-state index in [9.17, 15) is 21.6 Å². The molecule has 0 fully saturated rings. The highest BCUT2D eigenvalue weighted by molar-refractivity contribution is 7.88. The Morgan fingerprint density at radius 2 is 2.04 bits per heavy atom. The smallest absolute Gasteiger partial charge is 0.220 e. The summed E-state index contributed by atoms with van der Waals surface area (Å²) in [5.74, 6) is -0.560. The lowest BCUT2D eigenvalue weighted by atomic mass is 10.1. The molecule has 0 bridgehead atoms. The van der Waals surface area contributed by atoms with E-state index in [1.54, 1.807) is 6.20 Å². The SMILES string of the molecule is O=S(=O)(Cc1cccc(C(F)(F)F)c1)NCc1cn(-c2ccsc2)nn1. The molecule has 0 atom stereocenters. The van der Waals surface area contributed by atoms with E-state index in [0.29, 0.717) is 5.69 Å². The fourth-order valence-electron chi connectivity index (χ4n) is 2.19. The van der Waals surface area contributed by atoms with Gasteiger partial charge in [-0.2, -0.15) is 24.5 Å².